The van der Waals surface area contributed by atoms with E-state index in [1.54, 1.807) is 6.92 Å². The molecule has 0 rings (SSSR count). The molecule has 0 spiro atoms. The molecule has 0 aliphatic carbocycles. The van der Waals surface area contributed by atoms with Gasteiger partial charge in [-0.15, -0.1) is 0 Å². The minimum absolute atomic E-state index is 0.238. The molecule has 0 fully saturated rings. The largest absolute Gasteiger partial charge is 0.508 e. The van der Waals surface area contributed by atoms with Gasteiger partial charge in [-0.05, 0) is 19.8 Å². The highest BCUT2D eigenvalue weighted by molar-refractivity contribution is 5.60. The SMILES string of the molecule is COC(=O)OCCCC(C)OC(=O)OC. The molecule has 88 valence electrons. The normalized spacial score (nSPS) is 11.4. The van der Waals surface area contributed by atoms with E-state index in [0.717, 1.165) is 0 Å². The van der Waals surface area contributed by atoms with Gasteiger partial charge in [0, 0.05) is 0 Å². The lowest BCUT2D eigenvalue weighted by atomic mass is 10.2. The predicted molar refractivity (Wildman–Crippen MR) is 50.5 cm³/mol. The zero-order valence-corrected chi connectivity index (χ0v) is 9.15. The molecule has 6 heteroatoms. The molecule has 0 saturated heterocycles. The lowest BCUT2D eigenvalue weighted by Gasteiger charge is -2.11. The third kappa shape index (κ3) is 7.60. The van der Waals surface area contributed by atoms with Gasteiger partial charge in [0.2, 0.25) is 0 Å². The number of rotatable bonds is 5. The summed E-state index contributed by atoms with van der Waals surface area (Å²) in [5.41, 5.74) is 0. The molecule has 15 heavy (non-hydrogen) atoms. The van der Waals surface area contributed by atoms with Crippen LogP contribution in [0.15, 0.2) is 0 Å². The topological polar surface area (TPSA) is 71.1 Å². The second-order valence-electron chi connectivity index (χ2n) is 2.83. The first-order chi connectivity index (χ1) is 7.10. The quantitative estimate of drug-likeness (QED) is 0.519. The maximum absolute atomic E-state index is 10.7. The summed E-state index contributed by atoms with van der Waals surface area (Å²) in [6.45, 7) is 1.97. The summed E-state index contributed by atoms with van der Waals surface area (Å²) in [6.07, 6.45) is -0.508. The zero-order chi connectivity index (χ0) is 11.7. The smallest absolute Gasteiger partial charge is 0.438 e. The maximum Gasteiger partial charge on any atom is 0.508 e. The Kier molecular flexibility index (Phi) is 7.13. The van der Waals surface area contributed by atoms with E-state index in [1.807, 2.05) is 0 Å². The van der Waals surface area contributed by atoms with E-state index in [0.29, 0.717) is 12.8 Å². The monoisotopic (exact) mass is 220 g/mol. The molecule has 0 aromatic heterocycles. The zero-order valence-electron chi connectivity index (χ0n) is 9.15. The number of hydrogen-bond donors (Lipinski definition) is 0. The van der Waals surface area contributed by atoms with Gasteiger partial charge in [0.05, 0.1) is 20.8 Å². The van der Waals surface area contributed by atoms with Crippen molar-refractivity contribution in [2.24, 2.45) is 0 Å². The van der Waals surface area contributed by atoms with Crippen molar-refractivity contribution in [3.63, 3.8) is 0 Å². The summed E-state index contributed by atoms with van der Waals surface area (Å²) in [4.78, 5) is 21.2. The molecule has 0 aromatic rings. The Labute approximate surface area is 88.4 Å². The summed E-state index contributed by atoms with van der Waals surface area (Å²) >= 11 is 0. The van der Waals surface area contributed by atoms with Crippen LogP contribution in [-0.4, -0.2) is 39.2 Å². The van der Waals surface area contributed by atoms with Crippen molar-refractivity contribution in [3.8, 4) is 0 Å². The number of carbonyl (C=O) groups excluding carboxylic acids is 2. The van der Waals surface area contributed by atoms with Gasteiger partial charge in [-0.2, -0.15) is 0 Å². The summed E-state index contributed by atoms with van der Waals surface area (Å²) in [7, 11) is 2.49. The molecule has 0 heterocycles. The molecule has 0 radical (unpaired) electrons. The van der Waals surface area contributed by atoms with E-state index in [1.165, 1.54) is 14.2 Å². The molecule has 0 saturated carbocycles. The van der Waals surface area contributed by atoms with E-state index < -0.39 is 12.3 Å². The van der Waals surface area contributed by atoms with E-state index in [4.69, 9.17) is 4.74 Å². The van der Waals surface area contributed by atoms with Gasteiger partial charge in [-0.1, -0.05) is 0 Å². The van der Waals surface area contributed by atoms with Crippen LogP contribution in [0.3, 0.4) is 0 Å². The highest BCUT2D eigenvalue weighted by Gasteiger charge is 2.09. The molecule has 0 aromatic carbocycles. The molecular weight excluding hydrogens is 204 g/mol. The highest BCUT2D eigenvalue weighted by atomic mass is 16.7. The van der Waals surface area contributed by atoms with Gasteiger partial charge >= 0.3 is 12.3 Å². The average molecular weight is 220 g/mol. The van der Waals surface area contributed by atoms with Crippen molar-refractivity contribution >= 4 is 12.3 Å². The van der Waals surface area contributed by atoms with Crippen molar-refractivity contribution in [3.05, 3.63) is 0 Å². The predicted octanol–water partition coefficient (Wildman–Crippen LogP) is 1.72. The Bertz CT molecular complexity index is 203. The molecule has 1 atom stereocenters. The number of methoxy groups -OCH3 is 2. The van der Waals surface area contributed by atoms with Crippen LogP contribution >= 0.6 is 0 Å². The summed E-state index contributed by atoms with van der Waals surface area (Å²) in [6, 6.07) is 0. The molecule has 0 bridgehead atoms. The van der Waals surface area contributed by atoms with Gasteiger partial charge in [-0.3, -0.25) is 0 Å². The van der Waals surface area contributed by atoms with Crippen LogP contribution in [0.4, 0.5) is 9.59 Å². The van der Waals surface area contributed by atoms with Crippen LogP contribution < -0.4 is 0 Å². The van der Waals surface area contributed by atoms with Crippen molar-refractivity contribution in [1.29, 1.82) is 0 Å². The van der Waals surface area contributed by atoms with E-state index in [2.05, 4.69) is 14.2 Å². The van der Waals surface area contributed by atoms with Gasteiger partial charge in [0.1, 0.15) is 6.10 Å². The van der Waals surface area contributed by atoms with Crippen molar-refractivity contribution in [1.82, 2.24) is 0 Å². The van der Waals surface area contributed by atoms with Crippen LogP contribution in [0.1, 0.15) is 19.8 Å². The Morgan fingerprint density at radius 3 is 2.27 bits per heavy atom. The lowest BCUT2D eigenvalue weighted by molar-refractivity contribution is 0.0340. The van der Waals surface area contributed by atoms with Gasteiger partial charge in [0.25, 0.3) is 0 Å². The lowest BCUT2D eigenvalue weighted by Crippen LogP contribution is -2.15. The average Bonchev–Trinajstić information content (AvgIpc) is 2.23. The Hall–Kier alpha value is -1.46. The first-order valence-electron chi connectivity index (χ1n) is 4.55. The Balaban J connectivity index is 3.42. The van der Waals surface area contributed by atoms with Gasteiger partial charge < -0.3 is 18.9 Å². The maximum atomic E-state index is 10.7. The Morgan fingerprint density at radius 2 is 1.73 bits per heavy atom. The third-order valence-corrected chi connectivity index (χ3v) is 1.61. The third-order valence-electron chi connectivity index (χ3n) is 1.61. The molecule has 1 unspecified atom stereocenters. The van der Waals surface area contributed by atoms with Gasteiger partial charge in [-0.25, -0.2) is 9.59 Å². The van der Waals surface area contributed by atoms with E-state index in [9.17, 15) is 9.59 Å². The van der Waals surface area contributed by atoms with E-state index >= 15 is 0 Å². The fourth-order valence-corrected chi connectivity index (χ4v) is 0.857. The van der Waals surface area contributed by atoms with Crippen LogP contribution in [0.5, 0.6) is 0 Å². The van der Waals surface area contributed by atoms with Crippen LogP contribution in [0.2, 0.25) is 0 Å². The second kappa shape index (κ2) is 7.90. The molecule has 0 amide bonds. The Morgan fingerprint density at radius 1 is 1.13 bits per heavy atom. The van der Waals surface area contributed by atoms with Crippen molar-refractivity contribution in [2.45, 2.75) is 25.9 Å². The van der Waals surface area contributed by atoms with Crippen molar-refractivity contribution in [2.75, 3.05) is 20.8 Å². The highest BCUT2D eigenvalue weighted by Crippen LogP contribution is 2.03. The molecule has 6 nitrogen and oxygen atoms in total. The van der Waals surface area contributed by atoms with Crippen LogP contribution in [0.25, 0.3) is 0 Å². The minimum Gasteiger partial charge on any atom is -0.438 e. The molecular formula is C9H16O6. The molecule has 0 aliphatic rings. The molecule has 0 aliphatic heterocycles. The number of hydrogen-bond acceptors (Lipinski definition) is 6. The fraction of sp³-hybridized carbons (Fsp3) is 0.778. The summed E-state index contributed by atoms with van der Waals surface area (Å²) in [5.74, 6) is 0. The fourth-order valence-electron chi connectivity index (χ4n) is 0.857. The number of carbonyl (C=O) groups is 2. The minimum atomic E-state index is -0.712. The van der Waals surface area contributed by atoms with Crippen LogP contribution in [-0.2, 0) is 18.9 Å². The first kappa shape index (κ1) is 13.5. The van der Waals surface area contributed by atoms with Gasteiger partial charge in [0.15, 0.2) is 0 Å². The summed E-state index contributed by atoms with van der Waals surface area (Å²) < 4.78 is 18.0. The second-order valence-corrected chi connectivity index (χ2v) is 2.83. The van der Waals surface area contributed by atoms with E-state index in [-0.39, 0.29) is 12.7 Å². The molecule has 0 N–H and O–H groups in total. The first-order valence-corrected chi connectivity index (χ1v) is 4.55. The van der Waals surface area contributed by atoms with Crippen LogP contribution in [0, 0.1) is 0 Å². The number of ether oxygens (including phenoxy) is 4. The summed E-state index contributed by atoms with van der Waals surface area (Å²) in [5, 5.41) is 0. The van der Waals surface area contributed by atoms with Crippen molar-refractivity contribution < 1.29 is 28.5 Å². The standard InChI is InChI=1S/C9H16O6/c1-7(15-9(11)13-3)5-4-6-14-8(10)12-2/h7H,4-6H2,1-3H3.